The summed E-state index contributed by atoms with van der Waals surface area (Å²) in [6.45, 7) is 11.4. The van der Waals surface area contributed by atoms with Crippen LogP contribution in [0, 0.1) is 0 Å². The van der Waals surface area contributed by atoms with Crippen LogP contribution in [0.4, 0.5) is 0 Å². The zero-order valence-electron chi connectivity index (χ0n) is 14.7. The summed E-state index contributed by atoms with van der Waals surface area (Å²) in [4.78, 5) is 16.3. The molecule has 1 amide bonds. The van der Waals surface area contributed by atoms with Gasteiger partial charge in [0.1, 0.15) is 0 Å². The normalized spacial score (nSPS) is 14.6. The van der Waals surface area contributed by atoms with Gasteiger partial charge in [-0.15, -0.1) is 0 Å². The number of nitrogens with zero attached hydrogens (tertiary/aromatic N) is 2. The summed E-state index contributed by atoms with van der Waals surface area (Å²) in [5, 5.41) is 3.21. The van der Waals surface area contributed by atoms with Crippen LogP contribution >= 0.6 is 0 Å². The molecule has 0 radical (unpaired) electrons. The molecule has 5 nitrogen and oxygen atoms in total. The monoisotopic (exact) mass is 300 g/mol. The fraction of sp³-hybridized carbons (Fsp3) is 0.938. The SMILES string of the molecule is CCNC(C)(CCCCN(CC)CCCN(C)C)C(N)=O. The molecule has 21 heavy (non-hydrogen) atoms. The third-order valence-electron chi connectivity index (χ3n) is 4.04. The zero-order chi connectivity index (χ0) is 16.3. The molecule has 3 N–H and O–H groups in total. The first-order chi connectivity index (χ1) is 9.85. The second-order valence-corrected chi connectivity index (χ2v) is 6.27. The molecular formula is C16H36N4O. The minimum Gasteiger partial charge on any atom is -0.368 e. The summed E-state index contributed by atoms with van der Waals surface area (Å²) in [6.07, 6.45) is 4.16. The smallest absolute Gasteiger partial charge is 0.237 e. The number of unbranched alkanes of at least 4 members (excludes halogenated alkanes) is 1. The van der Waals surface area contributed by atoms with Gasteiger partial charge >= 0.3 is 0 Å². The van der Waals surface area contributed by atoms with Gasteiger partial charge in [-0.25, -0.2) is 0 Å². The molecule has 0 bridgehead atoms. The van der Waals surface area contributed by atoms with Crippen LogP contribution in [-0.2, 0) is 4.79 Å². The Bertz CT molecular complexity index is 283. The number of primary amides is 1. The standard InChI is InChI=1S/C16H36N4O/c1-6-18-16(3,15(17)21)11-8-9-13-20(7-2)14-10-12-19(4)5/h18H,6-14H2,1-5H3,(H2,17,21). The maximum Gasteiger partial charge on any atom is 0.237 e. The summed E-state index contributed by atoms with van der Waals surface area (Å²) in [6, 6.07) is 0. The molecule has 0 heterocycles. The number of hydrogen-bond acceptors (Lipinski definition) is 4. The maximum absolute atomic E-state index is 11.5. The van der Waals surface area contributed by atoms with Crippen molar-refractivity contribution < 1.29 is 4.79 Å². The van der Waals surface area contributed by atoms with E-state index in [1.54, 1.807) is 0 Å². The molecule has 1 unspecified atom stereocenters. The first kappa shape index (κ1) is 20.3. The van der Waals surface area contributed by atoms with Crippen LogP contribution in [0.3, 0.4) is 0 Å². The van der Waals surface area contributed by atoms with Gasteiger partial charge in [-0.1, -0.05) is 13.8 Å². The van der Waals surface area contributed by atoms with Crippen LogP contribution in [0.5, 0.6) is 0 Å². The van der Waals surface area contributed by atoms with Gasteiger partial charge in [-0.2, -0.15) is 0 Å². The van der Waals surface area contributed by atoms with E-state index in [4.69, 9.17) is 5.73 Å². The molecule has 0 saturated heterocycles. The van der Waals surface area contributed by atoms with Crippen LogP contribution in [0.2, 0.25) is 0 Å². The van der Waals surface area contributed by atoms with E-state index >= 15 is 0 Å². The Hall–Kier alpha value is -0.650. The van der Waals surface area contributed by atoms with E-state index in [-0.39, 0.29) is 5.91 Å². The molecule has 0 aliphatic carbocycles. The highest BCUT2D eigenvalue weighted by molar-refractivity contribution is 5.84. The van der Waals surface area contributed by atoms with Crippen molar-refractivity contribution in [3.8, 4) is 0 Å². The molecule has 1 atom stereocenters. The number of nitrogens with two attached hydrogens (primary N) is 1. The first-order valence-electron chi connectivity index (χ1n) is 8.27. The van der Waals surface area contributed by atoms with Crippen LogP contribution in [0.1, 0.15) is 46.5 Å². The lowest BCUT2D eigenvalue weighted by Gasteiger charge is -2.27. The third-order valence-corrected chi connectivity index (χ3v) is 4.04. The lowest BCUT2D eigenvalue weighted by atomic mass is 9.94. The van der Waals surface area contributed by atoms with Crippen molar-refractivity contribution in [1.29, 1.82) is 0 Å². The molecule has 0 aromatic rings. The number of carbonyl (C=O) groups is 1. The average molecular weight is 300 g/mol. The van der Waals surface area contributed by atoms with Crippen molar-refractivity contribution in [1.82, 2.24) is 15.1 Å². The Balaban J connectivity index is 3.96. The number of carbonyl (C=O) groups excluding carboxylic acids is 1. The Morgan fingerprint density at radius 1 is 1.10 bits per heavy atom. The highest BCUT2D eigenvalue weighted by Gasteiger charge is 2.28. The maximum atomic E-state index is 11.5. The van der Waals surface area contributed by atoms with Crippen LogP contribution in [-0.4, -0.2) is 68.1 Å². The summed E-state index contributed by atoms with van der Waals surface area (Å²) in [7, 11) is 4.23. The van der Waals surface area contributed by atoms with Crippen molar-refractivity contribution in [2.24, 2.45) is 5.73 Å². The summed E-state index contributed by atoms with van der Waals surface area (Å²) < 4.78 is 0. The predicted octanol–water partition coefficient (Wildman–Crippen LogP) is 1.28. The second-order valence-electron chi connectivity index (χ2n) is 6.27. The summed E-state index contributed by atoms with van der Waals surface area (Å²) in [5.74, 6) is -0.248. The molecule has 5 heteroatoms. The Morgan fingerprint density at radius 2 is 1.71 bits per heavy atom. The largest absolute Gasteiger partial charge is 0.368 e. The van der Waals surface area contributed by atoms with Crippen molar-refractivity contribution >= 4 is 5.91 Å². The van der Waals surface area contributed by atoms with Gasteiger partial charge < -0.3 is 20.9 Å². The van der Waals surface area contributed by atoms with Gasteiger partial charge in [-0.3, -0.25) is 4.79 Å². The van der Waals surface area contributed by atoms with Gasteiger partial charge in [0.15, 0.2) is 0 Å². The Morgan fingerprint density at radius 3 is 2.19 bits per heavy atom. The highest BCUT2D eigenvalue weighted by Crippen LogP contribution is 2.13. The zero-order valence-corrected chi connectivity index (χ0v) is 14.7. The average Bonchev–Trinajstić information content (AvgIpc) is 2.41. The lowest BCUT2D eigenvalue weighted by molar-refractivity contribution is -0.124. The van der Waals surface area contributed by atoms with Gasteiger partial charge in [-0.05, 0) is 79.4 Å². The number of amides is 1. The highest BCUT2D eigenvalue weighted by atomic mass is 16.1. The molecule has 0 aliphatic rings. The third kappa shape index (κ3) is 9.06. The fourth-order valence-electron chi connectivity index (χ4n) is 2.54. The number of likely N-dealkylation sites (N-methyl/N-ethyl adjacent to an activating group) is 1. The Labute approximate surface area is 131 Å². The van der Waals surface area contributed by atoms with Crippen LogP contribution in [0.25, 0.3) is 0 Å². The van der Waals surface area contributed by atoms with E-state index in [0.29, 0.717) is 0 Å². The van der Waals surface area contributed by atoms with Gasteiger partial charge in [0, 0.05) is 0 Å². The molecule has 126 valence electrons. The molecule has 0 spiro atoms. The number of rotatable bonds is 13. The van der Waals surface area contributed by atoms with Crippen molar-refractivity contribution in [3.63, 3.8) is 0 Å². The predicted molar refractivity (Wildman–Crippen MR) is 90.4 cm³/mol. The molecular weight excluding hydrogens is 264 g/mol. The number of nitrogens with one attached hydrogen (secondary N) is 1. The second kappa shape index (κ2) is 11.0. The lowest BCUT2D eigenvalue weighted by Crippen LogP contribution is -2.53. The van der Waals surface area contributed by atoms with Gasteiger partial charge in [0.25, 0.3) is 0 Å². The topological polar surface area (TPSA) is 61.6 Å². The van der Waals surface area contributed by atoms with Crippen LogP contribution in [0.15, 0.2) is 0 Å². The molecule has 0 rings (SSSR count). The van der Waals surface area contributed by atoms with Crippen molar-refractivity contribution in [3.05, 3.63) is 0 Å². The van der Waals surface area contributed by atoms with Crippen molar-refractivity contribution in [2.45, 2.75) is 52.0 Å². The molecule has 0 aromatic heterocycles. The number of hydrogen-bond donors (Lipinski definition) is 2. The molecule has 0 aromatic carbocycles. The van der Waals surface area contributed by atoms with E-state index in [0.717, 1.165) is 52.0 Å². The van der Waals surface area contributed by atoms with E-state index < -0.39 is 5.54 Å². The molecule has 0 fully saturated rings. The Kier molecular flexibility index (Phi) is 10.6. The van der Waals surface area contributed by atoms with Gasteiger partial charge in [0.2, 0.25) is 5.91 Å². The quantitative estimate of drug-likeness (QED) is 0.503. The minimum atomic E-state index is -0.559. The summed E-state index contributed by atoms with van der Waals surface area (Å²) >= 11 is 0. The van der Waals surface area contributed by atoms with E-state index in [1.807, 2.05) is 13.8 Å². The van der Waals surface area contributed by atoms with Gasteiger partial charge in [0.05, 0.1) is 5.54 Å². The minimum absolute atomic E-state index is 0.248. The fourth-order valence-corrected chi connectivity index (χ4v) is 2.54. The first-order valence-corrected chi connectivity index (χ1v) is 8.27. The summed E-state index contributed by atoms with van der Waals surface area (Å²) in [5.41, 5.74) is 4.94. The molecule has 0 aliphatic heterocycles. The van der Waals surface area contributed by atoms with Crippen LogP contribution < -0.4 is 11.1 Å². The van der Waals surface area contributed by atoms with Crippen molar-refractivity contribution in [2.75, 3.05) is 46.8 Å². The van der Waals surface area contributed by atoms with E-state index in [2.05, 4.69) is 36.1 Å². The van der Waals surface area contributed by atoms with E-state index in [1.165, 1.54) is 6.42 Å². The van der Waals surface area contributed by atoms with E-state index in [9.17, 15) is 4.79 Å². The molecule has 0 saturated carbocycles.